The van der Waals surface area contributed by atoms with Gasteiger partial charge in [-0.15, -0.1) is 0 Å². The van der Waals surface area contributed by atoms with Crippen LogP contribution in [0.15, 0.2) is 54.1 Å². The second-order valence-electron chi connectivity index (χ2n) is 9.50. The summed E-state index contributed by atoms with van der Waals surface area (Å²) in [5.74, 6) is -0.581. The van der Waals surface area contributed by atoms with Crippen molar-refractivity contribution in [1.29, 1.82) is 0 Å². The van der Waals surface area contributed by atoms with Gasteiger partial charge >= 0.3 is 0 Å². The van der Waals surface area contributed by atoms with E-state index in [2.05, 4.69) is 27.7 Å². The summed E-state index contributed by atoms with van der Waals surface area (Å²) in [6.45, 7) is 11.3. The van der Waals surface area contributed by atoms with Gasteiger partial charge in [-0.3, -0.25) is 9.59 Å². The van der Waals surface area contributed by atoms with Gasteiger partial charge in [0.15, 0.2) is 0 Å². The summed E-state index contributed by atoms with van der Waals surface area (Å²) >= 11 is 0. The van der Waals surface area contributed by atoms with E-state index in [1.165, 1.54) is 0 Å². The molecule has 1 N–H and O–H groups in total. The van der Waals surface area contributed by atoms with E-state index in [9.17, 15) is 14.7 Å². The summed E-state index contributed by atoms with van der Waals surface area (Å²) in [4.78, 5) is 27.8. The number of nitrogens with zero attached hydrogens (tertiary/aromatic N) is 1. The maximum Gasteiger partial charge on any atom is 0.295 e. The molecule has 0 spiro atoms. The van der Waals surface area contributed by atoms with Crippen molar-refractivity contribution in [1.82, 2.24) is 4.90 Å². The van der Waals surface area contributed by atoms with Crippen LogP contribution in [0.3, 0.4) is 0 Å². The number of unbranched alkanes of at least 4 members (excludes halogenated alkanes) is 2. The van der Waals surface area contributed by atoms with Crippen molar-refractivity contribution in [3.63, 3.8) is 0 Å². The first-order chi connectivity index (χ1) is 15.7. The van der Waals surface area contributed by atoms with Crippen LogP contribution in [-0.2, 0) is 15.0 Å². The van der Waals surface area contributed by atoms with Crippen molar-refractivity contribution in [2.75, 3.05) is 13.2 Å². The molecule has 1 fully saturated rings. The van der Waals surface area contributed by atoms with Gasteiger partial charge in [-0.2, -0.15) is 0 Å². The monoisotopic (exact) mass is 449 g/mol. The lowest BCUT2D eigenvalue weighted by molar-refractivity contribution is -0.139. The van der Waals surface area contributed by atoms with Crippen LogP contribution < -0.4 is 4.74 Å². The van der Waals surface area contributed by atoms with E-state index in [1.807, 2.05) is 49.4 Å². The Labute approximate surface area is 197 Å². The minimum atomic E-state index is -0.635. The zero-order valence-corrected chi connectivity index (χ0v) is 20.4. The third-order valence-corrected chi connectivity index (χ3v) is 6.02. The Hall–Kier alpha value is -3.08. The van der Waals surface area contributed by atoms with Gasteiger partial charge < -0.3 is 14.7 Å². The maximum atomic E-state index is 13.2. The largest absolute Gasteiger partial charge is 0.507 e. The van der Waals surface area contributed by atoms with Crippen LogP contribution in [0.2, 0.25) is 0 Å². The number of likely N-dealkylation sites (tertiary alicyclic amines) is 1. The SMILES string of the molecule is CCCCCN1C(=O)C(=O)/C(=C(\O)c2ccc(OCC)c(C(C)(C)C)c2)C1c1ccccc1. The highest BCUT2D eigenvalue weighted by Gasteiger charge is 2.45. The molecule has 1 amide bonds. The summed E-state index contributed by atoms with van der Waals surface area (Å²) in [7, 11) is 0. The van der Waals surface area contributed by atoms with Gasteiger partial charge in [0.2, 0.25) is 0 Å². The number of aliphatic hydroxyl groups excluding tert-OH is 1. The lowest BCUT2D eigenvalue weighted by atomic mass is 9.84. The molecule has 1 heterocycles. The van der Waals surface area contributed by atoms with Gasteiger partial charge in [-0.25, -0.2) is 0 Å². The Morgan fingerprint density at radius 3 is 2.33 bits per heavy atom. The molecule has 0 radical (unpaired) electrons. The number of aliphatic hydroxyl groups is 1. The number of ether oxygens (including phenoxy) is 1. The van der Waals surface area contributed by atoms with Crippen molar-refractivity contribution in [2.24, 2.45) is 0 Å². The van der Waals surface area contributed by atoms with Gasteiger partial charge in [-0.1, -0.05) is 70.9 Å². The van der Waals surface area contributed by atoms with Crippen LogP contribution in [0.25, 0.3) is 5.76 Å². The molecule has 0 bridgehead atoms. The Bertz CT molecular complexity index is 1030. The third kappa shape index (κ3) is 5.13. The summed E-state index contributed by atoms with van der Waals surface area (Å²) in [6, 6.07) is 14.3. The van der Waals surface area contributed by atoms with E-state index in [0.29, 0.717) is 18.7 Å². The summed E-state index contributed by atoms with van der Waals surface area (Å²) < 4.78 is 5.80. The van der Waals surface area contributed by atoms with E-state index in [1.54, 1.807) is 11.0 Å². The molecular weight excluding hydrogens is 414 g/mol. The van der Waals surface area contributed by atoms with E-state index >= 15 is 0 Å². The number of rotatable bonds is 8. The van der Waals surface area contributed by atoms with Gasteiger partial charge in [0.25, 0.3) is 11.7 Å². The molecule has 0 aliphatic carbocycles. The number of Topliss-reactive ketones (excluding diaryl/α,β-unsaturated/α-hetero) is 1. The molecule has 1 saturated heterocycles. The van der Waals surface area contributed by atoms with Crippen molar-refractivity contribution >= 4 is 17.4 Å². The molecule has 2 aromatic rings. The average Bonchev–Trinajstić information content (AvgIpc) is 3.04. The molecule has 1 aliphatic heterocycles. The molecule has 5 nitrogen and oxygen atoms in total. The highest BCUT2D eigenvalue weighted by atomic mass is 16.5. The van der Waals surface area contributed by atoms with Crippen LogP contribution in [0.5, 0.6) is 5.75 Å². The Morgan fingerprint density at radius 1 is 1.03 bits per heavy atom. The summed E-state index contributed by atoms with van der Waals surface area (Å²) in [6.07, 6.45) is 2.80. The fourth-order valence-corrected chi connectivity index (χ4v) is 4.32. The van der Waals surface area contributed by atoms with E-state index < -0.39 is 17.7 Å². The molecule has 0 aromatic heterocycles. The first-order valence-electron chi connectivity index (χ1n) is 11.8. The molecule has 176 valence electrons. The number of hydrogen-bond donors (Lipinski definition) is 1. The Morgan fingerprint density at radius 2 is 1.73 bits per heavy atom. The fourth-order valence-electron chi connectivity index (χ4n) is 4.32. The summed E-state index contributed by atoms with van der Waals surface area (Å²) in [5, 5.41) is 11.4. The van der Waals surface area contributed by atoms with Crippen molar-refractivity contribution in [3.8, 4) is 5.75 Å². The van der Waals surface area contributed by atoms with E-state index in [4.69, 9.17) is 4.74 Å². The normalized spacial score (nSPS) is 18.1. The number of benzene rings is 2. The lowest BCUT2D eigenvalue weighted by Crippen LogP contribution is -2.30. The topological polar surface area (TPSA) is 66.8 Å². The summed E-state index contributed by atoms with van der Waals surface area (Å²) in [5.41, 5.74) is 2.17. The molecule has 3 rings (SSSR count). The molecule has 2 aromatic carbocycles. The molecule has 1 atom stereocenters. The first kappa shape index (κ1) is 24.6. The molecule has 33 heavy (non-hydrogen) atoms. The average molecular weight is 450 g/mol. The van der Waals surface area contributed by atoms with Crippen LogP contribution >= 0.6 is 0 Å². The van der Waals surface area contributed by atoms with E-state index in [0.717, 1.165) is 36.1 Å². The van der Waals surface area contributed by atoms with Crippen LogP contribution in [-0.4, -0.2) is 34.8 Å². The number of hydrogen-bond acceptors (Lipinski definition) is 4. The Kier molecular flexibility index (Phi) is 7.62. The first-order valence-corrected chi connectivity index (χ1v) is 11.8. The molecule has 1 unspecified atom stereocenters. The fraction of sp³-hybridized carbons (Fsp3) is 0.429. The van der Waals surface area contributed by atoms with Gasteiger partial charge in [-0.05, 0) is 42.5 Å². The second-order valence-corrected chi connectivity index (χ2v) is 9.50. The molecule has 1 aliphatic rings. The Balaban J connectivity index is 2.15. The number of carbonyl (C=O) groups is 2. The lowest BCUT2D eigenvalue weighted by Gasteiger charge is -2.26. The van der Waals surface area contributed by atoms with Crippen LogP contribution in [0, 0.1) is 0 Å². The maximum absolute atomic E-state index is 13.2. The zero-order chi connectivity index (χ0) is 24.2. The quantitative estimate of drug-likeness (QED) is 0.232. The van der Waals surface area contributed by atoms with Crippen molar-refractivity contribution in [3.05, 3.63) is 70.8 Å². The predicted molar refractivity (Wildman–Crippen MR) is 131 cm³/mol. The van der Waals surface area contributed by atoms with Crippen LogP contribution in [0.4, 0.5) is 0 Å². The van der Waals surface area contributed by atoms with Gasteiger partial charge in [0, 0.05) is 17.7 Å². The third-order valence-electron chi connectivity index (χ3n) is 6.02. The highest BCUT2D eigenvalue weighted by molar-refractivity contribution is 6.46. The highest BCUT2D eigenvalue weighted by Crippen LogP contribution is 2.41. The second kappa shape index (κ2) is 10.2. The van der Waals surface area contributed by atoms with Gasteiger partial charge in [0.05, 0.1) is 18.2 Å². The standard InChI is InChI=1S/C28H35NO4/c1-6-8-12-17-29-24(19-13-10-9-11-14-19)23(26(31)27(29)32)25(30)20-15-16-22(33-7-2)21(18-20)28(3,4)5/h9-11,13-16,18,24,30H,6-8,12,17H2,1-5H3/b25-23-. The minimum Gasteiger partial charge on any atom is -0.507 e. The van der Waals surface area contributed by atoms with Crippen molar-refractivity contribution in [2.45, 2.75) is 65.3 Å². The molecular formula is C28H35NO4. The number of ketones is 1. The molecule has 0 saturated carbocycles. The molecule has 5 heteroatoms. The van der Waals surface area contributed by atoms with Crippen molar-refractivity contribution < 1.29 is 19.4 Å². The minimum absolute atomic E-state index is 0.145. The number of amides is 1. The van der Waals surface area contributed by atoms with Crippen LogP contribution in [0.1, 0.15) is 76.6 Å². The zero-order valence-electron chi connectivity index (χ0n) is 20.4. The predicted octanol–water partition coefficient (Wildman–Crippen LogP) is 5.99. The smallest absolute Gasteiger partial charge is 0.295 e. The number of carbonyl (C=O) groups excluding carboxylic acids is 2. The van der Waals surface area contributed by atoms with E-state index in [-0.39, 0.29) is 16.7 Å². The van der Waals surface area contributed by atoms with Gasteiger partial charge in [0.1, 0.15) is 11.5 Å².